The molecule has 7 heteroatoms. The average Bonchev–Trinajstić information content (AvgIpc) is 3.29. The highest BCUT2D eigenvalue weighted by Crippen LogP contribution is 2.52. The molecule has 3 aromatic rings. The van der Waals surface area contributed by atoms with E-state index in [4.69, 9.17) is 4.74 Å². The lowest BCUT2D eigenvalue weighted by Crippen LogP contribution is -2.50. The fourth-order valence-electron chi connectivity index (χ4n) is 3.26. The van der Waals surface area contributed by atoms with E-state index in [2.05, 4.69) is 0 Å². The molecule has 0 saturated carbocycles. The van der Waals surface area contributed by atoms with Gasteiger partial charge >= 0.3 is 0 Å². The van der Waals surface area contributed by atoms with E-state index in [1.807, 2.05) is 18.4 Å². The normalized spacial score (nSPS) is 18.8. The van der Waals surface area contributed by atoms with Crippen LogP contribution in [-0.2, 0) is 20.5 Å². The van der Waals surface area contributed by atoms with Gasteiger partial charge in [-0.2, -0.15) is 0 Å². The second kappa shape index (κ2) is 6.51. The summed E-state index contributed by atoms with van der Waals surface area (Å²) in [4.78, 5) is 12.4. The van der Waals surface area contributed by atoms with Gasteiger partial charge in [-0.15, -0.1) is 11.3 Å². The van der Waals surface area contributed by atoms with Crippen LogP contribution in [0.3, 0.4) is 0 Å². The van der Waals surface area contributed by atoms with Crippen LogP contribution in [-0.4, -0.2) is 14.7 Å². The van der Waals surface area contributed by atoms with Gasteiger partial charge in [0.15, 0.2) is 0 Å². The Kier molecular flexibility index (Phi) is 4.28. The van der Waals surface area contributed by atoms with Crippen LogP contribution in [0.4, 0.5) is 5.69 Å². The lowest BCUT2D eigenvalue weighted by Gasteiger charge is -2.35. The molecule has 4 rings (SSSR count). The number of para-hydroxylation sites is 2. The lowest BCUT2D eigenvalue weighted by molar-refractivity contribution is -0.111. The average molecular weight is 399 g/mol. The van der Waals surface area contributed by atoms with Crippen molar-refractivity contribution in [3.63, 3.8) is 0 Å². The van der Waals surface area contributed by atoms with E-state index in [9.17, 15) is 13.2 Å². The van der Waals surface area contributed by atoms with Gasteiger partial charge in [0.05, 0.1) is 21.9 Å². The third-order valence-corrected chi connectivity index (χ3v) is 7.36. The molecular weight excluding hydrogens is 382 g/mol. The van der Waals surface area contributed by atoms with Crippen LogP contribution in [0.5, 0.6) is 5.75 Å². The van der Waals surface area contributed by atoms with E-state index in [0.717, 1.165) is 5.56 Å². The SMILES string of the molecule is Cc1ccc(S(=O)(=O)N2c3ccccc3OC2(CC=O)c2cccs2)cc1. The van der Waals surface area contributed by atoms with Crippen molar-refractivity contribution in [2.75, 3.05) is 4.31 Å². The van der Waals surface area contributed by atoms with Gasteiger partial charge in [0.2, 0.25) is 5.72 Å². The van der Waals surface area contributed by atoms with E-state index in [0.29, 0.717) is 22.6 Å². The topological polar surface area (TPSA) is 63.7 Å². The molecule has 27 heavy (non-hydrogen) atoms. The zero-order valence-electron chi connectivity index (χ0n) is 14.5. The largest absolute Gasteiger partial charge is 0.459 e. The number of thiophene rings is 1. The Balaban J connectivity index is 1.98. The standard InChI is InChI=1S/C20H17NO4S2/c1-15-8-10-16(11-9-15)27(23,24)21-17-5-2-3-6-18(17)25-20(21,12-13-22)19-7-4-14-26-19/h2-11,13-14H,12H2,1H3. The van der Waals surface area contributed by atoms with Gasteiger partial charge in [0.1, 0.15) is 12.0 Å². The molecule has 1 atom stereocenters. The molecular formula is C20H17NO4S2. The Labute approximate surface area is 161 Å². The second-order valence-electron chi connectivity index (χ2n) is 6.28. The maximum Gasteiger partial charge on any atom is 0.267 e. The Morgan fingerprint density at radius 1 is 1.07 bits per heavy atom. The van der Waals surface area contributed by atoms with Gasteiger partial charge < -0.3 is 9.53 Å². The number of fused-ring (bicyclic) bond motifs is 1. The first kappa shape index (κ1) is 17.8. The van der Waals surface area contributed by atoms with Crippen molar-refractivity contribution in [3.8, 4) is 5.75 Å². The summed E-state index contributed by atoms with van der Waals surface area (Å²) in [5.41, 5.74) is -0.0404. The highest BCUT2D eigenvalue weighted by atomic mass is 32.2. The smallest absolute Gasteiger partial charge is 0.267 e. The first-order valence-electron chi connectivity index (χ1n) is 8.37. The Morgan fingerprint density at radius 2 is 1.81 bits per heavy atom. The molecule has 1 aromatic heterocycles. The van der Waals surface area contributed by atoms with E-state index >= 15 is 0 Å². The molecule has 0 amide bonds. The zero-order chi connectivity index (χ0) is 19.1. The van der Waals surface area contributed by atoms with Gasteiger partial charge in [-0.25, -0.2) is 12.7 Å². The Morgan fingerprint density at radius 3 is 2.48 bits per heavy atom. The summed E-state index contributed by atoms with van der Waals surface area (Å²) in [5, 5.41) is 1.84. The Hall–Kier alpha value is -2.64. The molecule has 1 unspecified atom stereocenters. The molecule has 5 nitrogen and oxygen atoms in total. The van der Waals surface area contributed by atoms with Gasteiger partial charge in [0, 0.05) is 0 Å². The van der Waals surface area contributed by atoms with Crippen LogP contribution in [0, 0.1) is 6.92 Å². The van der Waals surface area contributed by atoms with Gasteiger partial charge in [0.25, 0.3) is 10.0 Å². The quantitative estimate of drug-likeness (QED) is 0.606. The van der Waals surface area contributed by atoms with Crippen molar-refractivity contribution in [2.24, 2.45) is 0 Å². The van der Waals surface area contributed by atoms with Crippen molar-refractivity contribution < 1.29 is 17.9 Å². The van der Waals surface area contributed by atoms with Crippen LogP contribution in [0.15, 0.2) is 70.9 Å². The van der Waals surface area contributed by atoms with Gasteiger partial charge in [-0.1, -0.05) is 35.9 Å². The summed E-state index contributed by atoms with van der Waals surface area (Å²) in [5.74, 6) is 0.434. The van der Waals surface area contributed by atoms with E-state index < -0.39 is 15.7 Å². The molecule has 0 fully saturated rings. The van der Waals surface area contributed by atoms with Crippen molar-refractivity contribution in [2.45, 2.75) is 24.0 Å². The third-order valence-electron chi connectivity index (χ3n) is 4.52. The summed E-state index contributed by atoms with van der Waals surface area (Å²) in [6.45, 7) is 1.90. The number of benzene rings is 2. The highest BCUT2D eigenvalue weighted by Gasteiger charge is 2.54. The van der Waals surface area contributed by atoms with Crippen LogP contribution in [0.1, 0.15) is 16.9 Å². The number of ether oxygens (including phenoxy) is 1. The maximum absolute atomic E-state index is 13.6. The van der Waals surface area contributed by atoms with Crippen molar-refractivity contribution in [3.05, 3.63) is 76.5 Å². The highest BCUT2D eigenvalue weighted by molar-refractivity contribution is 7.93. The number of carbonyl (C=O) groups excluding carboxylic acids is 1. The number of aldehydes is 1. The van der Waals surface area contributed by atoms with Crippen molar-refractivity contribution in [1.82, 2.24) is 0 Å². The Bertz CT molecular complexity index is 1080. The maximum atomic E-state index is 13.6. The summed E-state index contributed by atoms with van der Waals surface area (Å²) in [6, 6.07) is 17.2. The first-order chi connectivity index (χ1) is 13.0. The number of anilines is 1. The summed E-state index contributed by atoms with van der Waals surface area (Å²) in [7, 11) is -3.97. The van der Waals surface area contributed by atoms with Crippen molar-refractivity contribution in [1.29, 1.82) is 0 Å². The van der Waals surface area contributed by atoms with Gasteiger partial charge in [-0.3, -0.25) is 0 Å². The van der Waals surface area contributed by atoms with Crippen LogP contribution in [0.2, 0.25) is 0 Å². The number of aryl methyl sites for hydroxylation is 1. The van der Waals surface area contributed by atoms with E-state index in [1.54, 1.807) is 54.6 Å². The molecule has 0 saturated heterocycles. The number of rotatable bonds is 5. The minimum absolute atomic E-state index is 0.118. The molecule has 1 aliphatic rings. The molecule has 0 spiro atoms. The summed E-state index contributed by atoms with van der Waals surface area (Å²) < 4.78 is 34.7. The zero-order valence-corrected chi connectivity index (χ0v) is 16.2. The molecule has 0 radical (unpaired) electrons. The van der Waals surface area contributed by atoms with Crippen LogP contribution < -0.4 is 9.04 Å². The number of sulfonamides is 1. The fourth-order valence-corrected chi connectivity index (χ4v) is 5.88. The minimum atomic E-state index is -3.97. The van der Waals surface area contributed by atoms with Crippen LogP contribution >= 0.6 is 11.3 Å². The predicted octanol–water partition coefficient (Wildman–Crippen LogP) is 4.09. The first-order valence-corrected chi connectivity index (χ1v) is 10.7. The number of nitrogens with zero attached hydrogens (tertiary/aromatic N) is 1. The minimum Gasteiger partial charge on any atom is -0.459 e. The summed E-state index contributed by atoms with van der Waals surface area (Å²) in [6.07, 6.45) is 0.580. The monoisotopic (exact) mass is 399 g/mol. The third kappa shape index (κ3) is 2.74. The summed E-state index contributed by atoms with van der Waals surface area (Å²) >= 11 is 1.36. The molecule has 2 aromatic carbocycles. The molecule has 0 aliphatic carbocycles. The molecule has 2 heterocycles. The number of carbonyl (C=O) groups is 1. The molecule has 138 valence electrons. The predicted molar refractivity (Wildman–Crippen MR) is 105 cm³/mol. The van der Waals surface area contributed by atoms with Gasteiger partial charge in [-0.05, 0) is 42.6 Å². The van der Waals surface area contributed by atoms with Crippen molar-refractivity contribution >= 4 is 33.3 Å². The van der Waals surface area contributed by atoms with E-state index in [-0.39, 0.29) is 11.3 Å². The molecule has 0 bridgehead atoms. The lowest BCUT2D eigenvalue weighted by atomic mass is 10.1. The second-order valence-corrected chi connectivity index (χ2v) is 9.02. The van der Waals surface area contributed by atoms with Crippen LogP contribution in [0.25, 0.3) is 0 Å². The number of hydrogen-bond acceptors (Lipinski definition) is 5. The molecule has 0 N–H and O–H groups in total. The fraction of sp³-hybridized carbons (Fsp3) is 0.150. The van der Waals surface area contributed by atoms with E-state index in [1.165, 1.54) is 15.6 Å². The molecule has 1 aliphatic heterocycles. The number of hydrogen-bond donors (Lipinski definition) is 0.